The molecule has 114 valence electrons. The van der Waals surface area contributed by atoms with E-state index >= 15 is 0 Å². The molecule has 4 heteroatoms. The fourth-order valence-corrected chi connectivity index (χ4v) is 5.64. The van der Waals surface area contributed by atoms with Crippen molar-refractivity contribution in [2.45, 2.75) is 39.4 Å². The summed E-state index contributed by atoms with van der Waals surface area (Å²) in [5, 5.41) is 2.51. The Labute approximate surface area is 132 Å². The first-order valence-electron chi connectivity index (χ1n) is 7.69. The lowest BCUT2D eigenvalue weighted by molar-refractivity contribution is -0.498. The van der Waals surface area contributed by atoms with E-state index in [1.54, 1.807) is 0 Å². The molecule has 2 aromatic rings. The van der Waals surface area contributed by atoms with Gasteiger partial charge in [-0.25, -0.2) is 0 Å². The molecule has 1 amide bonds. The third kappa shape index (κ3) is 2.18. The second-order valence-electron chi connectivity index (χ2n) is 7.42. The van der Waals surface area contributed by atoms with E-state index in [1.807, 2.05) is 21.4 Å². The molecule has 0 radical (unpaired) electrons. The minimum absolute atomic E-state index is 0.0685. The molecule has 0 fully saturated rings. The van der Waals surface area contributed by atoms with Crippen LogP contribution >= 0.6 is 0 Å². The molecule has 0 N–H and O–H groups in total. The highest BCUT2D eigenvalue weighted by Crippen LogP contribution is 2.17. The van der Waals surface area contributed by atoms with Crippen LogP contribution < -0.4 is 10.5 Å². The summed E-state index contributed by atoms with van der Waals surface area (Å²) in [5.74, 6) is 0. The number of hydrogen-bond donors (Lipinski definition) is 0. The van der Waals surface area contributed by atoms with Gasteiger partial charge in [-0.1, -0.05) is 48.6 Å². The van der Waals surface area contributed by atoms with Crippen molar-refractivity contribution in [3.8, 4) is 0 Å². The molecule has 0 saturated heterocycles. The van der Waals surface area contributed by atoms with Crippen molar-refractivity contribution in [1.29, 1.82) is 0 Å². The van der Waals surface area contributed by atoms with Gasteiger partial charge in [0.05, 0.1) is 5.32 Å². The second-order valence-corrected chi connectivity index (χ2v) is 11.8. The van der Waals surface area contributed by atoms with Crippen LogP contribution in [0.4, 0.5) is 4.79 Å². The zero-order valence-electron chi connectivity index (χ0n) is 13.9. The van der Waals surface area contributed by atoms with Gasteiger partial charge in [0.25, 0.3) is 0 Å². The van der Waals surface area contributed by atoms with Crippen LogP contribution in [-0.4, -0.2) is 35.0 Å². The van der Waals surface area contributed by atoms with E-state index in [4.69, 9.17) is 0 Å². The number of nitrogens with zero attached hydrogens (tertiary/aromatic N) is 2. The van der Waals surface area contributed by atoms with Gasteiger partial charge in [-0.2, -0.15) is 13.9 Å². The van der Waals surface area contributed by atoms with Crippen LogP contribution in [-0.2, 0) is 0 Å². The van der Waals surface area contributed by atoms with Gasteiger partial charge in [-0.3, -0.25) is 0 Å². The van der Waals surface area contributed by atoms with Gasteiger partial charge in [0.15, 0.2) is 13.8 Å². The van der Waals surface area contributed by atoms with E-state index < -0.39 is 8.07 Å². The lowest BCUT2D eigenvalue weighted by Crippen LogP contribution is -2.57. The van der Waals surface area contributed by atoms with Crippen LogP contribution in [0.25, 0.3) is 0 Å². The average molecular weight is 311 g/mol. The largest absolute Gasteiger partial charge is 0.503 e. The van der Waals surface area contributed by atoms with Crippen molar-refractivity contribution in [2.75, 3.05) is 0 Å². The maximum absolute atomic E-state index is 12.9. The standard InChI is InChI=1S/C18H23N2OSi/c1-18(2,3)19-13-14-11-12-16(20(14)17(19)21)22(4,5)15-9-7-6-8-10-15/h6-13H,1-5H3/q+1. The van der Waals surface area contributed by atoms with Crippen molar-refractivity contribution >= 4 is 30.8 Å². The summed E-state index contributed by atoms with van der Waals surface area (Å²) in [6.07, 6.45) is 1.97. The Kier molecular flexibility index (Phi) is 3.25. The molecule has 0 saturated carbocycles. The lowest BCUT2D eigenvalue weighted by atomic mass is 10.1. The quantitative estimate of drug-likeness (QED) is 0.618. The fraction of sp³-hybridized carbons (Fsp3) is 0.333. The van der Waals surface area contributed by atoms with Crippen LogP contribution in [0.15, 0.2) is 42.5 Å². The molecule has 0 spiro atoms. The van der Waals surface area contributed by atoms with E-state index in [1.165, 1.54) is 10.5 Å². The summed E-state index contributed by atoms with van der Waals surface area (Å²) in [6, 6.07) is 14.8. The Morgan fingerprint density at radius 3 is 2.23 bits per heavy atom. The third-order valence-corrected chi connectivity index (χ3v) is 7.88. The number of carbonyl (C=O) groups excluding carboxylic acids is 1. The van der Waals surface area contributed by atoms with E-state index in [0.717, 1.165) is 5.69 Å². The summed E-state index contributed by atoms with van der Waals surface area (Å²) in [7, 11) is -1.90. The summed E-state index contributed by atoms with van der Waals surface area (Å²) in [5.41, 5.74) is 0.790. The van der Waals surface area contributed by atoms with Gasteiger partial charge in [-0.15, -0.1) is 0 Å². The van der Waals surface area contributed by atoms with Crippen LogP contribution in [0.2, 0.25) is 13.1 Å². The zero-order chi connectivity index (χ0) is 16.1. The Morgan fingerprint density at radius 1 is 1.00 bits per heavy atom. The Morgan fingerprint density at radius 2 is 1.64 bits per heavy atom. The SMILES string of the molecule is CC(C)(C)[N+]1=Cc2ccc([Si](C)(C)c3ccccc3)n2C1=O. The topological polar surface area (TPSA) is 25.0 Å². The smallest absolute Gasteiger partial charge is 0.196 e. The third-order valence-electron chi connectivity index (χ3n) is 4.43. The first-order chi connectivity index (χ1) is 10.2. The minimum Gasteiger partial charge on any atom is -0.196 e. The average Bonchev–Trinajstić information content (AvgIpc) is 3.00. The van der Waals surface area contributed by atoms with Gasteiger partial charge in [0.2, 0.25) is 0 Å². The van der Waals surface area contributed by atoms with Crippen molar-refractivity contribution in [2.24, 2.45) is 0 Å². The van der Waals surface area contributed by atoms with E-state index in [0.29, 0.717) is 0 Å². The van der Waals surface area contributed by atoms with Crippen molar-refractivity contribution in [3.63, 3.8) is 0 Å². The van der Waals surface area contributed by atoms with Crippen LogP contribution in [0.1, 0.15) is 26.5 Å². The highest BCUT2D eigenvalue weighted by atomic mass is 28.3. The predicted molar refractivity (Wildman–Crippen MR) is 93.6 cm³/mol. The normalized spacial score (nSPS) is 15.0. The van der Waals surface area contributed by atoms with Crippen LogP contribution in [0.5, 0.6) is 0 Å². The molecule has 0 unspecified atom stereocenters. The van der Waals surface area contributed by atoms with E-state index in [9.17, 15) is 4.79 Å². The summed E-state index contributed by atoms with van der Waals surface area (Å²) < 4.78 is 3.74. The molecule has 3 rings (SSSR count). The van der Waals surface area contributed by atoms with Gasteiger partial charge in [-0.05, 0) is 32.9 Å². The maximum atomic E-state index is 12.9. The van der Waals surface area contributed by atoms with Crippen LogP contribution in [0, 0.1) is 0 Å². The number of rotatable bonds is 2. The highest BCUT2D eigenvalue weighted by Gasteiger charge is 2.43. The molecule has 0 aliphatic carbocycles. The molecule has 1 aromatic heterocycles. The van der Waals surface area contributed by atoms with Crippen molar-refractivity contribution in [1.82, 2.24) is 4.57 Å². The number of carbonyl (C=O) groups is 1. The van der Waals surface area contributed by atoms with E-state index in [-0.39, 0.29) is 11.6 Å². The lowest BCUT2D eigenvalue weighted by Gasteiger charge is -2.21. The Balaban J connectivity index is 2.09. The molecule has 1 aromatic carbocycles. The number of aromatic nitrogens is 1. The summed E-state index contributed by atoms with van der Waals surface area (Å²) >= 11 is 0. The monoisotopic (exact) mass is 311 g/mol. The second kappa shape index (κ2) is 4.78. The Hall–Kier alpha value is -1.94. The zero-order valence-corrected chi connectivity index (χ0v) is 14.9. The number of benzene rings is 1. The van der Waals surface area contributed by atoms with Gasteiger partial charge < -0.3 is 0 Å². The molecular weight excluding hydrogens is 288 g/mol. The van der Waals surface area contributed by atoms with Crippen molar-refractivity contribution in [3.05, 3.63) is 48.2 Å². The van der Waals surface area contributed by atoms with Gasteiger partial charge in [0, 0.05) is 0 Å². The molecule has 22 heavy (non-hydrogen) atoms. The first-order valence-corrected chi connectivity index (χ1v) is 10.7. The predicted octanol–water partition coefficient (Wildman–Crippen LogP) is 2.52. The molecule has 3 nitrogen and oxygen atoms in total. The molecular formula is C18H23N2OSi+. The van der Waals surface area contributed by atoms with Gasteiger partial charge in [0.1, 0.15) is 11.8 Å². The van der Waals surface area contributed by atoms with E-state index in [2.05, 4.69) is 70.3 Å². The fourth-order valence-electron chi connectivity index (χ4n) is 3.03. The first kappa shape index (κ1) is 15.0. The summed E-state index contributed by atoms with van der Waals surface area (Å²) in [4.78, 5) is 12.9. The maximum Gasteiger partial charge on any atom is 0.503 e. The molecule has 1 aliphatic heterocycles. The summed E-state index contributed by atoms with van der Waals surface area (Å²) in [6.45, 7) is 10.8. The molecule has 2 heterocycles. The number of fused-ring (bicyclic) bond motifs is 1. The van der Waals surface area contributed by atoms with Gasteiger partial charge >= 0.3 is 6.03 Å². The number of amides is 1. The molecule has 1 aliphatic rings. The molecule has 0 atom stereocenters. The Bertz CT molecular complexity index is 764. The minimum atomic E-state index is -1.90. The molecule has 0 bridgehead atoms. The number of hydrogen-bond acceptors (Lipinski definition) is 1. The van der Waals surface area contributed by atoms with Crippen molar-refractivity contribution < 1.29 is 9.37 Å². The highest BCUT2D eigenvalue weighted by molar-refractivity contribution is 7.00. The van der Waals surface area contributed by atoms with Crippen LogP contribution in [0.3, 0.4) is 0 Å².